The highest BCUT2D eigenvalue weighted by molar-refractivity contribution is 6.34. The zero-order valence-electron chi connectivity index (χ0n) is 13.4. The van der Waals surface area contributed by atoms with E-state index in [0.717, 1.165) is 12.1 Å². The SMILES string of the molecule is COc1cc(C=C(C#N)C(=O)Nc2ccccc2Cl)cc([N+](=O)[O-])c1O. The first-order valence-corrected chi connectivity index (χ1v) is 7.48. The molecule has 0 saturated carbocycles. The Hall–Kier alpha value is -3.57. The molecular formula is C17H12ClN3O5. The number of nitrogens with zero attached hydrogens (tertiary/aromatic N) is 2. The van der Waals surface area contributed by atoms with E-state index in [2.05, 4.69) is 5.32 Å². The van der Waals surface area contributed by atoms with Crippen LogP contribution in [0.4, 0.5) is 11.4 Å². The van der Waals surface area contributed by atoms with E-state index in [0.29, 0.717) is 10.7 Å². The number of aromatic hydroxyl groups is 1. The molecule has 1 amide bonds. The Bertz CT molecular complexity index is 950. The van der Waals surface area contributed by atoms with Crippen LogP contribution in [-0.4, -0.2) is 23.0 Å². The highest BCUT2D eigenvalue weighted by atomic mass is 35.5. The lowest BCUT2D eigenvalue weighted by Gasteiger charge is -2.07. The maximum Gasteiger partial charge on any atom is 0.315 e. The van der Waals surface area contributed by atoms with Crippen molar-refractivity contribution >= 4 is 35.0 Å². The quantitative estimate of drug-likeness (QED) is 0.357. The first-order valence-electron chi connectivity index (χ1n) is 7.10. The summed E-state index contributed by atoms with van der Waals surface area (Å²) in [6.07, 6.45) is 1.14. The number of carbonyl (C=O) groups is 1. The molecule has 2 aromatic carbocycles. The number of ether oxygens (including phenoxy) is 1. The Kier molecular flexibility index (Phi) is 5.78. The predicted octanol–water partition coefficient (Wildman–Crippen LogP) is 3.51. The number of hydrogen-bond donors (Lipinski definition) is 2. The highest BCUT2D eigenvalue weighted by Gasteiger charge is 2.20. The van der Waals surface area contributed by atoms with Gasteiger partial charge in [0.15, 0.2) is 5.75 Å². The number of nitrogens with one attached hydrogen (secondary N) is 1. The molecule has 0 aliphatic heterocycles. The van der Waals surface area contributed by atoms with E-state index < -0.39 is 22.3 Å². The van der Waals surface area contributed by atoms with Gasteiger partial charge in [-0.25, -0.2) is 0 Å². The fraction of sp³-hybridized carbons (Fsp3) is 0.0588. The summed E-state index contributed by atoms with van der Waals surface area (Å²) in [7, 11) is 1.22. The molecule has 0 saturated heterocycles. The number of benzene rings is 2. The Morgan fingerprint density at radius 1 is 1.42 bits per heavy atom. The zero-order valence-corrected chi connectivity index (χ0v) is 14.1. The molecule has 132 valence electrons. The van der Waals surface area contributed by atoms with Crippen LogP contribution < -0.4 is 10.1 Å². The smallest absolute Gasteiger partial charge is 0.315 e. The van der Waals surface area contributed by atoms with Crippen LogP contribution in [-0.2, 0) is 4.79 Å². The summed E-state index contributed by atoms with van der Waals surface area (Å²) in [6.45, 7) is 0. The lowest BCUT2D eigenvalue weighted by atomic mass is 10.1. The molecule has 26 heavy (non-hydrogen) atoms. The van der Waals surface area contributed by atoms with Crippen molar-refractivity contribution in [3.8, 4) is 17.6 Å². The van der Waals surface area contributed by atoms with Crippen molar-refractivity contribution in [2.75, 3.05) is 12.4 Å². The minimum absolute atomic E-state index is 0.136. The molecule has 0 spiro atoms. The number of para-hydroxylation sites is 1. The maximum atomic E-state index is 12.3. The van der Waals surface area contributed by atoms with Gasteiger partial charge in [-0.2, -0.15) is 5.26 Å². The number of rotatable bonds is 5. The molecule has 0 heterocycles. The van der Waals surface area contributed by atoms with Crippen molar-refractivity contribution in [2.24, 2.45) is 0 Å². The van der Waals surface area contributed by atoms with Crippen LogP contribution in [0.25, 0.3) is 6.08 Å². The summed E-state index contributed by atoms with van der Waals surface area (Å²) in [6, 6.07) is 10.5. The Morgan fingerprint density at radius 3 is 2.69 bits per heavy atom. The summed E-state index contributed by atoms with van der Waals surface area (Å²) < 4.78 is 4.88. The average Bonchev–Trinajstić information content (AvgIpc) is 2.62. The zero-order chi connectivity index (χ0) is 19.3. The first kappa shape index (κ1) is 18.8. The van der Waals surface area contributed by atoms with Crippen LogP contribution in [0.2, 0.25) is 5.02 Å². The number of nitro benzene ring substituents is 1. The minimum Gasteiger partial charge on any atom is -0.500 e. The van der Waals surface area contributed by atoms with Crippen molar-refractivity contribution < 1.29 is 19.6 Å². The van der Waals surface area contributed by atoms with E-state index >= 15 is 0 Å². The van der Waals surface area contributed by atoms with Gasteiger partial charge < -0.3 is 15.2 Å². The number of hydrogen-bond acceptors (Lipinski definition) is 6. The van der Waals surface area contributed by atoms with Crippen LogP contribution in [0.15, 0.2) is 42.0 Å². The average molecular weight is 374 g/mol. The Labute approximate surface area is 153 Å². The molecule has 0 aliphatic rings. The molecule has 0 aromatic heterocycles. The summed E-state index contributed by atoms with van der Waals surface area (Å²) in [5, 5.41) is 32.8. The van der Waals surface area contributed by atoms with Crippen LogP contribution in [0.1, 0.15) is 5.56 Å². The van der Waals surface area contributed by atoms with Crippen molar-refractivity contribution in [1.82, 2.24) is 0 Å². The topological polar surface area (TPSA) is 125 Å². The monoisotopic (exact) mass is 373 g/mol. The summed E-state index contributed by atoms with van der Waals surface area (Å²) in [5.74, 6) is -1.54. The van der Waals surface area contributed by atoms with Crippen LogP contribution in [0, 0.1) is 21.4 Å². The third-order valence-electron chi connectivity index (χ3n) is 3.29. The molecule has 2 aromatic rings. The third-order valence-corrected chi connectivity index (χ3v) is 3.62. The summed E-state index contributed by atoms with van der Waals surface area (Å²) in [5.41, 5.74) is -0.474. The Morgan fingerprint density at radius 2 is 2.12 bits per heavy atom. The normalized spacial score (nSPS) is 10.7. The van der Waals surface area contributed by atoms with Crippen LogP contribution in [0.3, 0.4) is 0 Å². The number of halogens is 1. The van der Waals surface area contributed by atoms with Gasteiger partial charge in [-0.3, -0.25) is 14.9 Å². The van der Waals surface area contributed by atoms with Crippen molar-refractivity contribution in [3.05, 3.63) is 62.7 Å². The minimum atomic E-state index is -0.801. The second kappa shape index (κ2) is 8.00. The van der Waals surface area contributed by atoms with Crippen molar-refractivity contribution in [3.63, 3.8) is 0 Å². The number of anilines is 1. The maximum absolute atomic E-state index is 12.3. The molecule has 2 rings (SSSR count). The van der Waals surface area contributed by atoms with E-state index in [1.807, 2.05) is 0 Å². The van der Waals surface area contributed by atoms with Gasteiger partial charge in [0.1, 0.15) is 11.6 Å². The molecule has 0 bridgehead atoms. The fourth-order valence-electron chi connectivity index (χ4n) is 2.06. The van der Waals surface area contributed by atoms with Gasteiger partial charge in [0.2, 0.25) is 5.75 Å². The van der Waals surface area contributed by atoms with Gasteiger partial charge in [-0.15, -0.1) is 0 Å². The van der Waals surface area contributed by atoms with Gasteiger partial charge in [0.05, 0.1) is 22.7 Å². The van der Waals surface area contributed by atoms with E-state index in [1.165, 1.54) is 13.2 Å². The van der Waals surface area contributed by atoms with Crippen LogP contribution in [0.5, 0.6) is 11.5 Å². The summed E-state index contributed by atoms with van der Waals surface area (Å²) in [4.78, 5) is 22.5. The van der Waals surface area contributed by atoms with E-state index in [4.69, 9.17) is 16.3 Å². The van der Waals surface area contributed by atoms with E-state index in [1.54, 1.807) is 30.3 Å². The van der Waals surface area contributed by atoms with Crippen molar-refractivity contribution in [1.29, 1.82) is 5.26 Å². The van der Waals surface area contributed by atoms with Crippen LogP contribution >= 0.6 is 11.6 Å². The lowest BCUT2D eigenvalue weighted by Crippen LogP contribution is -2.13. The van der Waals surface area contributed by atoms with Gasteiger partial charge in [-0.05, 0) is 29.8 Å². The molecule has 2 N–H and O–H groups in total. The number of carbonyl (C=O) groups excluding carboxylic acids is 1. The van der Waals surface area contributed by atoms with Gasteiger partial charge >= 0.3 is 5.69 Å². The third kappa shape index (κ3) is 4.09. The fourth-order valence-corrected chi connectivity index (χ4v) is 2.24. The highest BCUT2D eigenvalue weighted by Crippen LogP contribution is 2.37. The molecule has 9 heteroatoms. The molecule has 0 aliphatic carbocycles. The number of methoxy groups -OCH3 is 1. The second-order valence-corrected chi connectivity index (χ2v) is 5.36. The summed E-state index contributed by atoms with van der Waals surface area (Å²) >= 11 is 5.95. The van der Waals surface area contributed by atoms with E-state index in [-0.39, 0.29) is 16.9 Å². The number of nitriles is 1. The number of phenolic OH excluding ortho intramolecular Hbond substituents is 1. The lowest BCUT2D eigenvalue weighted by molar-refractivity contribution is -0.386. The van der Waals surface area contributed by atoms with E-state index in [9.17, 15) is 25.3 Å². The second-order valence-electron chi connectivity index (χ2n) is 4.95. The molecular weight excluding hydrogens is 362 g/mol. The Balaban J connectivity index is 2.41. The standard InChI is InChI=1S/C17H12ClN3O5/c1-26-15-8-10(7-14(16(15)22)21(24)25)6-11(9-19)17(23)20-13-5-3-2-4-12(13)18/h2-8,22H,1H3,(H,20,23). The molecule has 0 atom stereocenters. The largest absolute Gasteiger partial charge is 0.500 e. The molecule has 8 nitrogen and oxygen atoms in total. The number of phenols is 1. The van der Waals surface area contributed by atoms with Gasteiger partial charge in [0, 0.05) is 6.07 Å². The van der Waals surface area contributed by atoms with Gasteiger partial charge in [0.25, 0.3) is 5.91 Å². The predicted molar refractivity (Wildman–Crippen MR) is 95.0 cm³/mol. The number of nitro groups is 1. The molecule has 0 fully saturated rings. The molecule has 0 radical (unpaired) electrons. The van der Waals surface area contributed by atoms with Crippen molar-refractivity contribution in [2.45, 2.75) is 0 Å². The van der Waals surface area contributed by atoms with Gasteiger partial charge in [-0.1, -0.05) is 23.7 Å². The first-order chi connectivity index (χ1) is 12.4. The molecule has 0 unspecified atom stereocenters. The number of amides is 1.